The second kappa shape index (κ2) is 7.23. The fourth-order valence-electron chi connectivity index (χ4n) is 3.34. The van der Waals surface area contributed by atoms with Crippen LogP contribution in [0.3, 0.4) is 0 Å². The molecular weight excluding hydrogens is 348 g/mol. The second-order valence-corrected chi connectivity index (χ2v) is 6.40. The van der Waals surface area contributed by atoms with Crippen LogP contribution in [0.5, 0.6) is 23.0 Å². The van der Waals surface area contributed by atoms with Crippen molar-refractivity contribution in [2.75, 3.05) is 27.6 Å². The van der Waals surface area contributed by atoms with E-state index < -0.39 is 0 Å². The van der Waals surface area contributed by atoms with Gasteiger partial charge in [-0.2, -0.15) is 0 Å². The zero-order valence-electron chi connectivity index (χ0n) is 15.2. The lowest BCUT2D eigenvalue weighted by molar-refractivity contribution is -0.135. The third kappa shape index (κ3) is 3.43. The van der Waals surface area contributed by atoms with E-state index in [4.69, 9.17) is 23.7 Å². The minimum atomic E-state index is -0.279. The first-order chi connectivity index (χ1) is 13.2. The Bertz CT molecular complexity index is 902. The predicted octanol–water partition coefficient (Wildman–Crippen LogP) is 3.23. The van der Waals surface area contributed by atoms with E-state index >= 15 is 0 Å². The molecule has 0 spiro atoms. The van der Waals surface area contributed by atoms with E-state index in [1.165, 1.54) is 0 Å². The van der Waals surface area contributed by atoms with Crippen molar-refractivity contribution in [2.45, 2.75) is 6.42 Å². The number of carbonyl (C=O) groups excluding carboxylic acids is 1. The number of benzene rings is 2. The Labute approximate surface area is 157 Å². The van der Waals surface area contributed by atoms with Crippen molar-refractivity contribution >= 4 is 12.0 Å². The van der Waals surface area contributed by atoms with E-state index in [0.717, 1.165) is 11.1 Å². The summed E-state index contributed by atoms with van der Waals surface area (Å²) in [6, 6.07) is 11.4. The average molecular weight is 368 g/mol. The Morgan fingerprint density at radius 2 is 1.81 bits per heavy atom. The topological polar surface area (TPSA) is 63.2 Å². The van der Waals surface area contributed by atoms with Crippen LogP contribution in [0.1, 0.15) is 11.1 Å². The summed E-state index contributed by atoms with van der Waals surface area (Å²) in [5, 5.41) is 0. The summed E-state index contributed by atoms with van der Waals surface area (Å²) in [4.78, 5) is 12.2. The van der Waals surface area contributed by atoms with Crippen LogP contribution in [0.4, 0.5) is 0 Å². The molecule has 2 aliphatic heterocycles. The van der Waals surface area contributed by atoms with Gasteiger partial charge in [-0.3, -0.25) is 0 Å². The SMILES string of the molecule is COc1ccc(CC2COC(=O)/C2=C/c2ccc3c(c2)OCO3)cc1OC. The monoisotopic (exact) mass is 368 g/mol. The summed E-state index contributed by atoms with van der Waals surface area (Å²) in [6.45, 7) is 0.586. The fraction of sp³-hybridized carbons (Fsp3) is 0.286. The summed E-state index contributed by atoms with van der Waals surface area (Å²) < 4.78 is 26.7. The molecule has 0 radical (unpaired) electrons. The zero-order valence-corrected chi connectivity index (χ0v) is 15.2. The molecular formula is C21H20O6. The third-order valence-electron chi connectivity index (χ3n) is 4.74. The minimum absolute atomic E-state index is 0.0268. The van der Waals surface area contributed by atoms with Gasteiger partial charge < -0.3 is 23.7 Å². The number of esters is 1. The van der Waals surface area contributed by atoms with Gasteiger partial charge in [0.15, 0.2) is 23.0 Å². The normalized spacial score (nSPS) is 19.3. The Kier molecular flexibility index (Phi) is 4.62. The molecule has 0 saturated carbocycles. The molecule has 1 saturated heterocycles. The van der Waals surface area contributed by atoms with Crippen LogP contribution in [-0.2, 0) is 16.0 Å². The Morgan fingerprint density at radius 3 is 2.63 bits per heavy atom. The molecule has 27 heavy (non-hydrogen) atoms. The van der Waals surface area contributed by atoms with Crippen molar-refractivity contribution in [3.8, 4) is 23.0 Å². The van der Waals surface area contributed by atoms with E-state index in [1.54, 1.807) is 14.2 Å². The molecule has 1 unspecified atom stereocenters. The number of hydrogen-bond acceptors (Lipinski definition) is 6. The molecule has 6 nitrogen and oxygen atoms in total. The van der Waals surface area contributed by atoms with Crippen LogP contribution >= 0.6 is 0 Å². The number of rotatable bonds is 5. The molecule has 0 aliphatic carbocycles. The molecule has 2 heterocycles. The lowest BCUT2D eigenvalue weighted by Crippen LogP contribution is -2.08. The van der Waals surface area contributed by atoms with Crippen molar-refractivity contribution in [3.63, 3.8) is 0 Å². The number of hydrogen-bond donors (Lipinski definition) is 0. The highest BCUT2D eigenvalue weighted by atomic mass is 16.7. The summed E-state index contributed by atoms with van der Waals surface area (Å²) in [6.07, 6.45) is 2.53. The Balaban J connectivity index is 1.58. The van der Waals surface area contributed by atoms with Gasteiger partial charge in [0.1, 0.15) is 0 Å². The number of cyclic esters (lactones) is 1. The quantitative estimate of drug-likeness (QED) is 0.596. The Morgan fingerprint density at radius 1 is 1.00 bits per heavy atom. The molecule has 2 aromatic carbocycles. The lowest BCUT2D eigenvalue weighted by atomic mass is 9.92. The predicted molar refractivity (Wildman–Crippen MR) is 98.2 cm³/mol. The third-order valence-corrected chi connectivity index (χ3v) is 4.74. The summed E-state index contributed by atoms with van der Waals surface area (Å²) in [7, 11) is 3.21. The van der Waals surface area contributed by atoms with E-state index in [1.807, 2.05) is 42.5 Å². The number of methoxy groups -OCH3 is 2. The molecule has 0 amide bonds. The summed E-state index contributed by atoms with van der Waals surface area (Å²) in [5.74, 6) is 2.44. The van der Waals surface area contributed by atoms with Gasteiger partial charge in [-0.1, -0.05) is 12.1 Å². The highest BCUT2D eigenvalue weighted by molar-refractivity contribution is 5.96. The van der Waals surface area contributed by atoms with E-state index in [0.29, 0.717) is 41.6 Å². The van der Waals surface area contributed by atoms with Gasteiger partial charge in [0, 0.05) is 11.5 Å². The first kappa shape index (κ1) is 17.3. The van der Waals surface area contributed by atoms with Gasteiger partial charge >= 0.3 is 5.97 Å². The highest BCUT2D eigenvalue weighted by Gasteiger charge is 2.31. The maximum atomic E-state index is 12.2. The maximum absolute atomic E-state index is 12.2. The lowest BCUT2D eigenvalue weighted by Gasteiger charge is -2.12. The van der Waals surface area contributed by atoms with Gasteiger partial charge in [-0.05, 0) is 47.9 Å². The van der Waals surface area contributed by atoms with Crippen molar-refractivity contribution < 1.29 is 28.5 Å². The zero-order chi connectivity index (χ0) is 18.8. The standard InChI is InChI=1S/C21H20O6/c1-23-17-5-3-13(9-19(17)24-2)7-15-11-25-21(22)16(15)8-14-4-6-18-20(10-14)27-12-26-18/h3-6,8-10,15H,7,11-12H2,1-2H3/b16-8+. The summed E-state index contributed by atoms with van der Waals surface area (Å²) in [5.41, 5.74) is 2.58. The van der Waals surface area contributed by atoms with Crippen LogP contribution in [0.15, 0.2) is 42.0 Å². The van der Waals surface area contributed by atoms with Crippen LogP contribution in [0, 0.1) is 5.92 Å². The molecule has 1 atom stereocenters. The molecule has 2 aromatic rings. The van der Waals surface area contributed by atoms with Crippen molar-refractivity contribution in [2.24, 2.45) is 5.92 Å². The van der Waals surface area contributed by atoms with Crippen LogP contribution in [0.25, 0.3) is 6.08 Å². The molecule has 4 rings (SSSR count). The maximum Gasteiger partial charge on any atom is 0.334 e. The smallest absolute Gasteiger partial charge is 0.334 e. The number of carbonyl (C=O) groups is 1. The molecule has 2 aliphatic rings. The first-order valence-corrected chi connectivity index (χ1v) is 8.67. The van der Waals surface area contributed by atoms with Crippen LogP contribution < -0.4 is 18.9 Å². The largest absolute Gasteiger partial charge is 0.493 e. The minimum Gasteiger partial charge on any atom is -0.493 e. The van der Waals surface area contributed by atoms with E-state index in [2.05, 4.69) is 0 Å². The molecule has 1 fully saturated rings. The van der Waals surface area contributed by atoms with Gasteiger partial charge in [0.2, 0.25) is 6.79 Å². The van der Waals surface area contributed by atoms with Crippen LogP contribution in [-0.4, -0.2) is 33.6 Å². The van der Waals surface area contributed by atoms with Gasteiger partial charge in [0.25, 0.3) is 0 Å². The van der Waals surface area contributed by atoms with Crippen molar-refractivity contribution in [1.82, 2.24) is 0 Å². The van der Waals surface area contributed by atoms with Gasteiger partial charge in [-0.25, -0.2) is 4.79 Å². The summed E-state index contributed by atoms with van der Waals surface area (Å²) >= 11 is 0. The Hall–Kier alpha value is -3.15. The second-order valence-electron chi connectivity index (χ2n) is 6.40. The fourth-order valence-corrected chi connectivity index (χ4v) is 3.34. The first-order valence-electron chi connectivity index (χ1n) is 8.67. The number of fused-ring (bicyclic) bond motifs is 1. The van der Waals surface area contributed by atoms with Gasteiger partial charge in [0.05, 0.1) is 20.8 Å². The molecule has 140 valence electrons. The molecule has 0 aromatic heterocycles. The van der Waals surface area contributed by atoms with Crippen molar-refractivity contribution in [3.05, 3.63) is 53.1 Å². The average Bonchev–Trinajstić information content (AvgIpc) is 3.29. The van der Waals surface area contributed by atoms with Gasteiger partial charge in [-0.15, -0.1) is 0 Å². The van der Waals surface area contributed by atoms with Crippen molar-refractivity contribution in [1.29, 1.82) is 0 Å². The van der Waals surface area contributed by atoms with Crippen LogP contribution in [0.2, 0.25) is 0 Å². The molecule has 0 bridgehead atoms. The van der Waals surface area contributed by atoms with E-state index in [9.17, 15) is 4.79 Å². The number of ether oxygens (including phenoxy) is 5. The molecule has 6 heteroatoms. The van der Waals surface area contributed by atoms with E-state index in [-0.39, 0.29) is 18.7 Å². The molecule has 0 N–H and O–H groups in total. The highest BCUT2D eigenvalue weighted by Crippen LogP contribution is 2.35.